The zero-order chi connectivity index (χ0) is 19.9. The van der Waals surface area contributed by atoms with E-state index in [1.54, 1.807) is 43.1 Å². The minimum absolute atomic E-state index is 0.332. The number of benzene rings is 1. The highest BCUT2D eigenvalue weighted by molar-refractivity contribution is 7.98. The van der Waals surface area contributed by atoms with Crippen molar-refractivity contribution in [1.29, 1.82) is 0 Å². The van der Waals surface area contributed by atoms with Crippen LogP contribution in [0.15, 0.2) is 47.1 Å². The first kappa shape index (κ1) is 21.7. The van der Waals surface area contributed by atoms with E-state index in [1.807, 2.05) is 12.1 Å². The minimum Gasteiger partial charge on any atom is -0.468 e. The summed E-state index contributed by atoms with van der Waals surface area (Å²) in [4.78, 5) is 12.6. The average Bonchev–Trinajstić information content (AvgIpc) is 3.11. The van der Waals surface area contributed by atoms with Crippen molar-refractivity contribution in [2.45, 2.75) is 25.1 Å². The number of hydrogen-bond donors (Lipinski definition) is 1. The number of furan rings is 1. The molecule has 9 heteroatoms. The zero-order valence-electron chi connectivity index (χ0n) is 15.2. The summed E-state index contributed by atoms with van der Waals surface area (Å²) in [5.74, 6) is 1.96. The van der Waals surface area contributed by atoms with Crippen molar-refractivity contribution in [3.63, 3.8) is 0 Å². The summed E-state index contributed by atoms with van der Waals surface area (Å²) in [5, 5.41) is 3.23. The molecule has 1 amide bonds. The SMILES string of the molecule is CC[C@@H](C(=O)NCCSCc1ccco1)N(c1cccc(Cl)c1)S(C)(=O)=O. The van der Waals surface area contributed by atoms with E-state index in [-0.39, 0.29) is 5.91 Å². The first-order valence-corrected chi connectivity index (χ1v) is 11.8. The standard InChI is InChI=1S/C18H23ClN2O4S2/c1-3-17(18(22)20-9-11-26-13-16-8-5-10-25-16)21(27(2,23)24)15-7-4-6-14(19)12-15/h4-8,10,12,17H,3,9,11,13H2,1-2H3,(H,20,22)/t17-/m0/s1. The molecule has 2 aromatic rings. The molecule has 0 saturated carbocycles. The third-order valence-corrected chi connectivity index (χ3v) is 6.16. The van der Waals surface area contributed by atoms with E-state index in [0.717, 1.165) is 22.1 Å². The number of carbonyl (C=O) groups excluding carboxylic acids is 1. The third-order valence-electron chi connectivity index (χ3n) is 3.76. The predicted octanol–water partition coefficient (Wildman–Crippen LogP) is 3.53. The number of halogens is 1. The van der Waals surface area contributed by atoms with Gasteiger partial charge in [-0.15, -0.1) is 0 Å². The lowest BCUT2D eigenvalue weighted by Gasteiger charge is -2.30. The first-order chi connectivity index (χ1) is 12.8. The number of carbonyl (C=O) groups is 1. The Balaban J connectivity index is 1.99. The van der Waals surface area contributed by atoms with Crippen LogP contribution < -0.4 is 9.62 Å². The van der Waals surface area contributed by atoms with Crippen molar-refractivity contribution in [2.75, 3.05) is 22.9 Å². The molecule has 0 aliphatic heterocycles. The number of anilines is 1. The highest BCUT2D eigenvalue weighted by Gasteiger charge is 2.31. The summed E-state index contributed by atoms with van der Waals surface area (Å²) in [7, 11) is -3.66. The average molecular weight is 431 g/mol. The number of thioether (sulfide) groups is 1. The fraction of sp³-hybridized carbons (Fsp3) is 0.389. The van der Waals surface area contributed by atoms with E-state index < -0.39 is 16.1 Å². The van der Waals surface area contributed by atoms with E-state index in [9.17, 15) is 13.2 Å². The van der Waals surface area contributed by atoms with Gasteiger partial charge < -0.3 is 9.73 Å². The molecular weight excluding hydrogens is 408 g/mol. The highest BCUT2D eigenvalue weighted by Crippen LogP contribution is 2.25. The molecule has 0 saturated heterocycles. The van der Waals surface area contributed by atoms with Crippen molar-refractivity contribution >= 4 is 45.0 Å². The van der Waals surface area contributed by atoms with Gasteiger partial charge in [-0.2, -0.15) is 11.8 Å². The van der Waals surface area contributed by atoms with E-state index in [1.165, 1.54) is 6.07 Å². The Morgan fingerprint density at radius 2 is 2.11 bits per heavy atom. The van der Waals surface area contributed by atoms with Crippen LogP contribution in [0.2, 0.25) is 5.02 Å². The molecule has 0 aliphatic carbocycles. The van der Waals surface area contributed by atoms with E-state index >= 15 is 0 Å². The van der Waals surface area contributed by atoms with Crippen molar-refractivity contribution < 1.29 is 17.6 Å². The second kappa shape index (κ2) is 10.1. The van der Waals surface area contributed by atoms with Crippen LogP contribution in [0.1, 0.15) is 19.1 Å². The number of hydrogen-bond acceptors (Lipinski definition) is 5. The van der Waals surface area contributed by atoms with Crippen LogP contribution in [0.25, 0.3) is 0 Å². The summed E-state index contributed by atoms with van der Waals surface area (Å²) in [6.07, 6.45) is 3.05. The van der Waals surface area contributed by atoms with E-state index in [0.29, 0.717) is 29.4 Å². The number of rotatable bonds is 10. The first-order valence-electron chi connectivity index (χ1n) is 8.45. The third kappa shape index (κ3) is 6.48. The van der Waals surface area contributed by atoms with Crippen molar-refractivity contribution in [2.24, 2.45) is 0 Å². The van der Waals surface area contributed by atoms with Gasteiger partial charge in [0.25, 0.3) is 0 Å². The van der Waals surface area contributed by atoms with Crippen LogP contribution in [0, 0.1) is 0 Å². The molecule has 0 aliphatic rings. The Morgan fingerprint density at radius 3 is 2.70 bits per heavy atom. The van der Waals surface area contributed by atoms with Crippen LogP contribution >= 0.6 is 23.4 Å². The van der Waals surface area contributed by atoms with E-state index in [2.05, 4.69) is 5.32 Å². The molecule has 0 fully saturated rings. The molecule has 148 valence electrons. The Morgan fingerprint density at radius 1 is 1.33 bits per heavy atom. The molecule has 1 aromatic heterocycles. The minimum atomic E-state index is -3.66. The van der Waals surface area contributed by atoms with Gasteiger partial charge in [0.05, 0.1) is 24.0 Å². The molecular formula is C18H23ClN2O4S2. The number of nitrogens with one attached hydrogen (secondary N) is 1. The smallest absolute Gasteiger partial charge is 0.243 e. The summed E-state index contributed by atoms with van der Waals surface area (Å²) in [5.41, 5.74) is 0.374. The maximum atomic E-state index is 12.6. The van der Waals surface area contributed by atoms with Gasteiger partial charge in [0.2, 0.25) is 15.9 Å². The molecule has 0 radical (unpaired) electrons. The molecule has 6 nitrogen and oxygen atoms in total. The lowest BCUT2D eigenvalue weighted by Crippen LogP contribution is -2.49. The van der Waals surface area contributed by atoms with Crippen LogP contribution in [0.5, 0.6) is 0 Å². The molecule has 0 bridgehead atoms. The van der Waals surface area contributed by atoms with Crippen molar-refractivity contribution in [1.82, 2.24) is 5.32 Å². The molecule has 27 heavy (non-hydrogen) atoms. The monoisotopic (exact) mass is 430 g/mol. The van der Waals surface area contributed by atoms with Gasteiger partial charge in [-0.1, -0.05) is 24.6 Å². The fourth-order valence-electron chi connectivity index (χ4n) is 2.61. The number of nitrogens with zero attached hydrogens (tertiary/aromatic N) is 1. The van der Waals surface area contributed by atoms with Gasteiger partial charge in [0.15, 0.2) is 0 Å². The summed E-state index contributed by atoms with van der Waals surface area (Å²) >= 11 is 7.62. The quantitative estimate of drug-likeness (QED) is 0.583. The van der Waals surface area contributed by atoms with Crippen molar-refractivity contribution in [3.8, 4) is 0 Å². The van der Waals surface area contributed by atoms with E-state index in [4.69, 9.17) is 16.0 Å². The number of amides is 1. The maximum absolute atomic E-state index is 12.6. The molecule has 0 spiro atoms. The normalized spacial score (nSPS) is 12.6. The van der Waals surface area contributed by atoms with Gasteiger partial charge in [-0.3, -0.25) is 9.10 Å². The lowest BCUT2D eigenvalue weighted by molar-refractivity contribution is -0.122. The van der Waals surface area contributed by atoms with Crippen molar-refractivity contribution in [3.05, 3.63) is 53.4 Å². The Labute approximate surface area is 169 Å². The molecule has 2 rings (SSSR count). The zero-order valence-corrected chi connectivity index (χ0v) is 17.6. The molecule has 1 aromatic carbocycles. The van der Waals surface area contributed by atoms with Gasteiger partial charge in [-0.05, 0) is 36.8 Å². The van der Waals surface area contributed by atoms with Gasteiger partial charge in [0.1, 0.15) is 11.8 Å². The summed E-state index contributed by atoms with van der Waals surface area (Å²) in [6, 6.07) is 9.37. The van der Waals surface area contributed by atoms with Gasteiger partial charge in [0, 0.05) is 17.3 Å². The topological polar surface area (TPSA) is 79.6 Å². The fourth-order valence-corrected chi connectivity index (χ4v) is 4.75. The van der Waals surface area contributed by atoms with Crippen LogP contribution in [0.4, 0.5) is 5.69 Å². The largest absolute Gasteiger partial charge is 0.468 e. The van der Waals surface area contributed by atoms with Gasteiger partial charge in [-0.25, -0.2) is 8.42 Å². The highest BCUT2D eigenvalue weighted by atomic mass is 35.5. The second-order valence-corrected chi connectivity index (χ2v) is 9.29. The predicted molar refractivity (Wildman–Crippen MR) is 111 cm³/mol. The van der Waals surface area contributed by atoms with Crippen LogP contribution in [0.3, 0.4) is 0 Å². The second-order valence-electron chi connectivity index (χ2n) is 5.89. The molecule has 1 heterocycles. The Kier molecular flexibility index (Phi) is 8.07. The maximum Gasteiger partial charge on any atom is 0.243 e. The van der Waals surface area contributed by atoms with Crippen LogP contribution in [-0.4, -0.2) is 38.9 Å². The Hall–Kier alpha value is -1.64. The Bertz CT molecular complexity index is 841. The summed E-state index contributed by atoms with van der Waals surface area (Å²) in [6.45, 7) is 2.21. The van der Waals surface area contributed by atoms with Crippen LogP contribution in [-0.2, 0) is 20.6 Å². The molecule has 0 unspecified atom stereocenters. The molecule has 1 N–H and O–H groups in total. The van der Waals surface area contributed by atoms with Gasteiger partial charge >= 0.3 is 0 Å². The summed E-state index contributed by atoms with van der Waals surface area (Å²) < 4.78 is 31.1. The molecule has 1 atom stereocenters. The number of sulfonamides is 1. The lowest BCUT2D eigenvalue weighted by atomic mass is 10.2.